The Morgan fingerprint density at radius 3 is 3.25 bits per heavy atom. The molecule has 1 aliphatic heterocycles. The van der Waals surface area contributed by atoms with Gasteiger partial charge in [-0.25, -0.2) is 4.98 Å². The molecule has 1 saturated carbocycles. The van der Waals surface area contributed by atoms with E-state index in [1.807, 2.05) is 0 Å². The van der Waals surface area contributed by atoms with Gasteiger partial charge in [-0.05, 0) is 19.3 Å². The van der Waals surface area contributed by atoms with Crippen molar-refractivity contribution in [2.45, 2.75) is 31.1 Å². The molecule has 2 bridgehead atoms. The van der Waals surface area contributed by atoms with Crippen LogP contribution in [-0.4, -0.2) is 36.8 Å². The van der Waals surface area contributed by atoms with Crippen LogP contribution in [0, 0.1) is 5.92 Å². The number of ether oxygens (including phenoxy) is 1. The minimum Gasteiger partial charge on any atom is -0.393 e. The van der Waals surface area contributed by atoms with E-state index in [0.29, 0.717) is 11.6 Å². The highest BCUT2D eigenvalue weighted by Gasteiger charge is 2.52. The molecule has 3 atom stereocenters. The molecular formula is C12H15N5O3. The molecule has 0 radical (unpaired) electrons. The van der Waals surface area contributed by atoms with Crippen molar-refractivity contribution in [3.8, 4) is 0 Å². The maximum atomic E-state index is 11.8. The highest BCUT2D eigenvalue weighted by molar-refractivity contribution is 5.70. The summed E-state index contributed by atoms with van der Waals surface area (Å²) in [6.07, 6.45) is 4.00. The smallest absolute Gasteiger partial charge is 0.280 e. The lowest BCUT2D eigenvalue weighted by atomic mass is 10.0. The van der Waals surface area contributed by atoms with Crippen LogP contribution in [0.15, 0.2) is 11.1 Å². The summed E-state index contributed by atoms with van der Waals surface area (Å²) in [4.78, 5) is 22.4. The second kappa shape index (κ2) is 3.80. The normalized spacial score (nSPS) is 32.2. The van der Waals surface area contributed by atoms with Gasteiger partial charge in [-0.15, -0.1) is 0 Å². The monoisotopic (exact) mass is 277 g/mol. The summed E-state index contributed by atoms with van der Waals surface area (Å²) in [7, 11) is 0. The van der Waals surface area contributed by atoms with Crippen LogP contribution >= 0.6 is 0 Å². The van der Waals surface area contributed by atoms with E-state index < -0.39 is 5.60 Å². The largest absolute Gasteiger partial charge is 0.393 e. The van der Waals surface area contributed by atoms with Crippen molar-refractivity contribution >= 4 is 17.1 Å². The number of aliphatic hydroxyl groups excluding tert-OH is 1. The second-order valence-corrected chi connectivity index (χ2v) is 5.63. The maximum absolute atomic E-state index is 11.8. The fourth-order valence-corrected chi connectivity index (χ4v) is 3.43. The minimum atomic E-state index is -0.446. The average molecular weight is 277 g/mol. The predicted molar refractivity (Wildman–Crippen MR) is 69.8 cm³/mol. The number of nitrogen functional groups attached to an aromatic ring is 1. The molecule has 1 aliphatic carbocycles. The molecule has 0 unspecified atom stereocenters. The first kappa shape index (κ1) is 11.9. The fourth-order valence-electron chi connectivity index (χ4n) is 3.43. The van der Waals surface area contributed by atoms with Gasteiger partial charge in [-0.1, -0.05) is 0 Å². The number of fused-ring (bicyclic) bond motifs is 3. The predicted octanol–water partition coefficient (Wildman–Crippen LogP) is -0.238. The van der Waals surface area contributed by atoms with Gasteiger partial charge in [0.1, 0.15) is 6.23 Å². The number of nitrogens with one attached hydrogen (secondary N) is 1. The van der Waals surface area contributed by atoms with Crippen LogP contribution in [0.1, 0.15) is 25.5 Å². The summed E-state index contributed by atoms with van der Waals surface area (Å²) >= 11 is 0. The van der Waals surface area contributed by atoms with E-state index in [0.717, 1.165) is 19.3 Å². The molecule has 8 heteroatoms. The molecule has 20 heavy (non-hydrogen) atoms. The number of rotatable bonds is 2. The van der Waals surface area contributed by atoms with Crippen molar-refractivity contribution in [3.63, 3.8) is 0 Å². The quantitative estimate of drug-likeness (QED) is 0.697. The van der Waals surface area contributed by atoms with Gasteiger partial charge in [0.25, 0.3) is 5.56 Å². The van der Waals surface area contributed by atoms with Gasteiger partial charge in [0.2, 0.25) is 5.95 Å². The number of nitrogens with two attached hydrogens (primary N) is 1. The topological polar surface area (TPSA) is 119 Å². The molecule has 4 N–H and O–H groups in total. The second-order valence-electron chi connectivity index (χ2n) is 5.63. The number of anilines is 1. The van der Waals surface area contributed by atoms with E-state index in [4.69, 9.17) is 10.5 Å². The summed E-state index contributed by atoms with van der Waals surface area (Å²) in [5.74, 6) is 0.367. The highest BCUT2D eigenvalue weighted by atomic mass is 16.5. The molecule has 3 heterocycles. The Balaban J connectivity index is 1.83. The van der Waals surface area contributed by atoms with Crippen LogP contribution in [0.2, 0.25) is 0 Å². The zero-order chi connectivity index (χ0) is 13.9. The summed E-state index contributed by atoms with van der Waals surface area (Å²) < 4.78 is 7.76. The van der Waals surface area contributed by atoms with Crippen LogP contribution in [0.5, 0.6) is 0 Å². The maximum Gasteiger partial charge on any atom is 0.280 e. The molecule has 106 valence electrons. The number of hydrogen-bond donors (Lipinski definition) is 3. The molecule has 2 aromatic rings. The van der Waals surface area contributed by atoms with Crippen molar-refractivity contribution in [3.05, 3.63) is 16.7 Å². The number of imidazole rings is 1. The summed E-state index contributed by atoms with van der Waals surface area (Å²) in [5.41, 5.74) is 5.47. The van der Waals surface area contributed by atoms with E-state index in [1.54, 1.807) is 10.9 Å². The standard InChI is InChI=1S/C12H15N5O3/c13-11-15-8-7(9(19)16-11)14-5-17(8)10-6-1-2-12(3-6,4-18)20-10/h5-6,10,18H,1-4H2,(H3,13,15,16,19)/t6-,10-,12+/m1/s1. The van der Waals surface area contributed by atoms with Crippen LogP contribution in [0.25, 0.3) is 11.2 Å². The number of hydrogen-bond acceptors (Lipinski definition) is 6. The lowest BCUT2D eigenvalue weighted by Gasteiger charge is -2.30. The van der Waals surface area contributed by atoms with E-state index in [-0.39, 0.29) is 29.9 Å². The number of aromatic nitrogens is 4. The zero-order valence-electron chi connectivity index (χ0n) is 10.7. The molecule has 2 aromatic heterocycles. The van der Waals surface area contributed by atoms with Crippen molar-refractivity contribution in [1.82, 2.24) is 19.5 Å². The molecule has 0 aromatic carbocycles. The Kier molecular flexibility index (Phi) is 2.25. The van der Waals surface area contributed by atoms with Crippen molar-refractivity contribution in [1.29, 1.82) is 0 Å². The van der Waals surface area contributed by atoms with Crippen LogP contribution in [-0.2, 0) is 4.74 Å². The zero-order valence-corrected chi connectivity index (χ0v) is 10.7. The van der Waals surface area contributed by atoms with E-state index in [9.17, 15) is 9.90 Å². The Labute approximate surface area is 113 Å². The number of nitrogens with zero attached hydrogens (tertiary/aromatic N) is 3. The van der Waals surface area contributed by atoms with Gasteiger partial charge in [0.15, 0.2) is 11.2 Å². The Morgan fingerprint density at radius 1 is 1.65 bits per heavy atom. The van der Waals surface area contributed by atoms with Gasteiger partial charge in [-0.2, -0.15) is 4.98 Å². The molecule has 8 nitrogen and oxygen atoms in total. The van der Waals surface area contributed by atoms with Gasteiger partial charge < -0.3 is 15.6 Å². The third-order valence-corrected chi connectivity index (χ3v) is 4.39. The fraction of sp³-hybridized carbons (Fsp3) is 0.583. The molecule has 0 spiro atoms. The Bertz CT molecular complexity index is 738. The summed E-state index contributed by atoms with van der Waals surface area (Å²) in [5, 5.41) is 9.52. The lowest BCUT2D eigenvalue weighted by molar-refractivity contribution is -0.123. The molecule has 0 amide bonds. The Hall–Kier alpha value is -1.93. The van der Waals surface area contributed by atoms with Crippen molar-refractivity contribution in [2.75, 3.05) is 12.3 Å². The molecule has 1 saturated heterocycles. The first-order chi connectivity index (χ1) is 9.62. The van der Waals surface area contributed by atoms with Gasteiger partial charge >= 0.3 is 0 Å². The van der Waals surface area contributed by atoms with Crippen LogP contribution in [0.4, 0.5) is 5.95 Å². The van der Waals surface area contributed by atoms with Gasteiger partial charge in [-0.3, -0.25) is 14.3 Å². The highest BCUT2D eigenvalue weighted by Crippen LogP contribution is 2.52. The Morgan fingerprint density at radius 2 is 2.50 bits per heavy atom. The SMILES string of the molecule is Nc1nc2c(ncn2[C@@H]2O[C@@]3(CO)CC[C@@H]2C3)c(=O)[nH]1. The molecular weight excluding hydrogens is 262 g/mol. The minimum absolute atomic E-state index is 0.0166. The number of aromatic amines is 1. The number of H-pyrrole nitrogens is 1. The third-order valence-electron chi connectivity index (χ3n) is 4.39. The molecule has 4 rings (SSSR count). The van der Waals surface area contributed by atoms with E-state index in [2.05, 4.69) is 15.0 Å². The first-order valence-corrected chi connectivity index (χ1v) is 6.63. The number of aliphatic hydroxyl groups is 1. The third kappa shape index (κ3) is 1.46. The summed E-state index contributed by atoms with van der Waals surface area (Å²) in [6, 6.07) is 0. The molecule has 2 aliphatic rings. The first-order valence-electron chi connectivity index (χ1n) is 6.63. The van der Waals surface area contributed by atoms with Crippen LogP contribution in [0.3, 0.4) is 0 Å². The average Bonchev–Trinajstić information content (AvgIpc) is 3.09. The van der Waals surface area contributed by atoms with Crippen LogP contribution < -0.4 is 11.3 Å². The van der Waals surface area contributed by atoms with Crippen molar-refractivity contribution in [2.24, 2.45) is 5.92 Å². The van der Waals surface area contributed by atoms with Gasteiger partial charge in [0.05, 0.1) is 18.5 Å². The van der Waals surface area contributed by atoms with E-state index in [1.165, 1.54) is 0 Å². The van der Waals surface area contributed by atoms with Crippen molar-refractivity contribution < 1.29 is 9.84 Å². The van der Waals surface area contributed by atoms with Gasteiger partial charge in [0, 0.05) is 5.92 Å². The summed E-state index contributed by atoms with van der Waals surface area (Å²) in [6.45, 7) is 0.0166. The van der Waals surface area contributed by atoms with E-state index >= 15 is 0 Å². The lowest BCUT2D eigenvalue weighted by Crippen LogP contribution is -2.33. The molecule has 2 fully saturated rings.